The third-order valence-corrected chi connectivity index (χ3v) is 2.66. The summed E-state index contributed by atoms with van der Waals surface area (Å²) in [4.78, 5) is 24.7. The van der Waals surface area contributed by atoms with Gasteiger partial charge in [-0.2, -0.15) is 0 Å². The lowest BCUT2D eigenvalue weighted by Crippen LogP contribution is -2.40. The summed E-state index contributed by atoms with van der Waals surface area (Å²) in [6.07, 6.45) is 5.09. The van der Waals surface area contributed by atoms with E-state index in [-0.39, 0.29) is 32.1 Å². The summed E-state index contributed by atoms with van der Waals surface area (Å²) in [5.41, 5.74) is 0.670. The number of carbonyl (C=O) groups is 2. The summed E-state index contributed by atoms with van der Waals surface area (Å²) in [6.45, 7) is 0.186. The summed E-state index contributed by atoms with van der Waals surface area (Å²) in [5.74, 6) is 2.26. The Bertz CT molecular complexity index is 532. The molecule has 5 nitrogen and oxygen atoms in total. The van der Waals surface area contributed by atoms with E-state index < -0.39 is 5.97 Å². The first-order valence-electron chi connectivity index (χ1n) is 5.83. The lowest BCUT2D eigenvalue weighted by atomic mass is 10.2. The Morgan fingerprint density at radius 2 is 2.26 bits per heavy atom. The molecule has 1 aromatic carbocycles. The Morgan fingerprint density at radius 1 is 1.47 bits per heavy atom. The molecule has 19 heavy (non-hydrogen) atoms. The number of esters is 1. The number of hydrogen-bond donors (Lipinski definition) is 0. The second-order valence-electron chi connectivity index (χ2n) is 3.92. The van der Waals surface area contributed by atoms with Crippen LogP contribution in [0.5, 0.6) is 5.75 Å². The minimum Gasteiger partial charge on any atom is -0.482 e. The van der Waals surface area contributed by atoms with Gasteiger partial charge in [0.15, 0.2) is 13.2 Å². The van der Waals surface area contributed by atoms with Crippen molar-refractivity contribution in [3.05, 3.63) is 24.3 Å². The molecule has 0 spiro atoms. The molecular formula is C14H13NO4. The van der Waals surface area contributed by atoms with Crippen LogP contribution in [0.15, 0.2) is 24.3 Å². The molecule has 1 aliphatic heterocycles. The van der Waals surface area contributed by atoms with Gasteiger partial charge in [-0.3, -0.25) is 9.59 Å². The van der Waals surface area contributed by atoms with E-state index in [9.17, 15) is 9.59 Å². The van der Waals surface area contributed by atoms with Crippen LogP contribution in [-0.2, 0) is 14.3 Å². The number of carbonyl (C=O) groups excluding carboxylic acids is 2. The average Bonchev–Trinajstić information content (AvgIpc) is 2.44. The van der Waals surface area contributed by atoms with Gasteiger partial charge in [0.1, 0.15) is 5.75 Å². The maximum atomic E-state index is 11.8. The maximum Gasteiger partial charge on any atom is 0.308 e. The second kappa shape index (κ2) is 5.91. The van der Waals surface area contributed by atoms with Gasteiger partial charge in [0, 0.05) is 6.54 Å². The van der Waals surface area contributed by atoms with Crippen molar-refractivity contribution in [3.63, 3.8) is 0 Å². The molecule has 0 N–H and O–H groups in total. The number of amides is 1. The number of hydrogen-bond acceptors (Lipinski definition) is 4. The number of fused-ring (bicyclic) bond motifs is 1. The van der Waals surface area contributed by atoms with E-state index in [1.165, 1.54) is 4.90 Å². The summed E-state index contributed by atoms with van der Waals surface area (Å²) < 4.78 is 10.1. The van der Waals surface area contributed by atoms with Gasteiger partial charge in [0.2, 0.25) is 0 Å². The molecule has 98 valence electrons. The van der Waals surface area contributed by atoms with E-state index in [4.69, 9.17) is 15.9 Å². The zero-order valence-corrected chi connectivity index (χ0v) is 10.3. The molecule has 0 fully saturated rings. The van der Waals surface area contributed by atoms with Gasteiger partial charge in [-0.05, 0) is 12.1 Å². The SMILES string of the molecule is C#CCOC(=O)CCN1C(=O)COc2ccccc21. The number of nitrogens with zero attached hydrogens (tertiary/aromatic N) is 1. The predicted molar refractivity (Wildman–Crippen MR) is 68.7 cm³/mol. The molecule has 2 rings (SSSR count). The summed E-state index contributed by atoms with van der Waals surface area (Å²) >= 11 is 0. The molecule has 0 unspecified atom stereocenters. The van der Waals surface area contributed by atoms with Gasteiger partial charge in [-0.25, -0.2) is 0 Å². The van der Waals surface area contributed by atoms with Gasteiger partial charge >= 0.3 is 5.97 Å². The van der Waals surface area contributed by atoms with Crippen LogP contribution < -0.4 is 9.64 Å². The van der Waals surface area contributed by atoms with Crippen LogP contribution in [0.3, 0.4) is 0 Å². The lowest BCUT2D eigenvalue weighted by molar-refractivity contribution is -0.141. The number of para-hydroxylation sites is 2. The Hall–Kier alpha value is -2.48. The zero-order valence-electron chi connectivity index (χ0n) is 10.3. The Kier molecular flexibility index (Phi) is 4.04. The van der Waals surface area contributed by atoms with Gasteiger partial charge in [0.05, 0.1) is 12.1 Å². The molecule has 0 atom stereocenters. The van der Waals surface area contributed by atoms with Crippen LogP contribution in [0.4, 0.5) is 5.69 Å². The van der Waals surface area contributed by atoms with E-state index >= 15 is 0 Å². The third-order valence-electron chi connectivity index (χ3n) is 2.66. The average molecular weight is 259 g/mol. The van der Waals surface area contributed by atoms with Crippen LogP contribution in [0.25, 0.3) is 0 Å². The number of ether oxygens (including phenoxy) is 2. The van der Waals surface area contributed by atoms with Gasteiger partial charge in [-0.1, -0.05) is 18.1 Å². The smallest absolute Gasteiger partial charge is 0.308 e. The van der Waals surface area contributed by atoms with Crippen LogP contribution in [0.2, 0.25) is 0 Å². The van der Waals surface area contributed by atoms with Crippen LogP contribution in [0.1, 0.15) is 6.42 Å². The molecule has 0 bridgehead atoms. The molecule has 0 radical (unpaired) electrons. The molecule has 0 saturated heterocycles. The Morgan fingerprint density at radius 3 is 3.05 bits per heavy atom. The van der Waals surface area contributed by atoms with E-state index in [0.717, 1.165) is 0 Å². The first-order chi connectivity index (χ1) is 9.22. The molecule has 5 heteroatoms. The van der Waals surface area contributed by atoms with E-state index in [2.05, 4.69) is 5.92 Å². The highest BCUT2D eigenvalue weighted by Crippen LogP contribution is 2.31. The topological polar surface area (TPSA) is 55.8 Å². The molecule has 0 aromatic heterocycles. The first-order valence-corrected chi connectivity index (χ1v) is 5.83. The third kappa shape index (κ3) is 3.05. The Balaban J connectivity index is 2.02. The molecule has 1 aromatic rings. The van der Waals surface area contributed by atoms with Crippen molar-refractivity contribution < 1.29 is 19.1 Å². The minimum absolute atomic E-state index is 0.0174. The monoisotopic (exact) mass is 259 g/mol. The molecule has 0 aliphatic carbocycles. The highest BCUT2D eigenvalue weighted by atomic mass is 16.5. The van der Waals surface area contributed by atoms with E-state index in [0.29, 0.717) is 11.4 Å². The number of anilines is 1. The van der Waals surface area contributed by atoms with Crippen LogP contribution >= 0.6 is 0 Å². The minimum atomic E-state index is -0.422. The van der Waals surface area contributed by atoms with Gasteiger partial charge < -0.3 is 14.4 Å². The predicted octanol–water partition coefficient (Wildman–Crippen LogP) is 0.978. The molecular weight excluding hydrogens is 246 g/mol. The maximum absolute atomic E-state index is 11.8. The summed E-state index contributed by atoms with van der Waals surface area (Å²) in [5, 5.41) is 0. The van der Waals surface area contributed by atoms with Crippen molar-refractivity contribution in [1.82, 2.24) is 0 Å². The first kappa shape index (κ1) is 13.0. The number of benzene rings is 1. The molecule has 1 amide bonds. The second-order valence-corrected chi connectivity index (χ2v) is 3.92. The standard InChI is InChI=1S/C14H13NO4/c1-2-9-18-14(17)7-8-15-11-5-3-4-6-12(11)19-10-13(15)16/h1,3-6H,7-10H2. The Labute approximate surface area is 111 Å². The largest absolute Gasteiger partial charge is 0.482 e. The highest BCUT2D eigenvalue weighted by Gasteiger charge is 2.25. The van der Waals surface area contributed by atoms with Crippen molar-refractivity contribution in [2.75, 3.05) is 24.7 Å². The molecule has 1 aliphatic rings. The van der Waals surface area contributed by atoms with Gasteiger partial charge in [0.25, 0.3) is 5.91 Å². The van der Waals surface area contributed by atoms with Crippen LogP contribution in [0, 0.1) is 12.3 Å². The summed E-state index contributed by atoms with van der Waals surface area (Å²) in [7, 11) is 0. The number of terminal acetylenes is 1. The van der Waals surface area contributed by atoms with Crippen molar-refractivity contribution in [2.45, 2.75) is 6.42 Å². The van der Waals surface area contributed by atoms with Crippen molar-refractivity contribution in [3.8, 4) is 18.1 Å². The van der Waals surface area contributed by atoms with Crippen LogP contribution in [-0.4, -0.2) is 31.6 Å². The highest BCUT2D eigenvalue weighted by molar-refractivity contribution is 5.98. The number of rotatable bonds is 4. The fourth-order valence-electron chi connectivity index (χ4n) is 1.80. The fraction of sp³-hybridized carbons (Fsp3) is 0.286. The molecule has 1 heterocycles. The van der Waals surface area contributed by atoms with Crippen molar-refractivity contribution >= 4 is 17.6 Å². The quantitative estimate of drug-likeness (QED) is 0.597. The zero-order chi connectivity index (χ0) is 13.7. The normalized spacial score (nSPS) is 13.2. The fourth-order valence-corrected chi connectivity index (χ4v) is 1.80. The van der Waals surface area contributed by atoms with Crippen molar-refractivity contribution in [1.29, 1.82) is 0 Å². The molecule has 0 saturated carbocycles. The van der Waals surface area contributed by atoms with E-state index in [1.807, 2.05) is 12.1 Å². The van der Waals surface area contributed by atoms with Crippen molar-refractivity contribution in [2.24, 2.45) is 0 Å². The van der Waals surface area contributed by atoms with E-state index in [1.54, 1.807) is 12.1 Å². The summed E-state index contributed by atoms with van der Waals surface area (Å²) in [6, 6.07) is 7.20. The van der Waals surface area contributed by atoms with Gasteiger partial charge in [-0.15, -0.1) is 6.42 Å². The lowest BCUT2D eigenvalue weighted by Gasteiger charge is -2.28.